The SMILES string of the molecule is Cl.N[C@@H](CC1CC1)c1ccc(Oc2ccccc2)c(Oc2ccccc2)c1. The summed E-state index contributed by atoms with van der Waals surface area (Å²) in [6, 6.07) is 25.5. The first-order chi connectivity index (χ1) is 12.8. The fourth-order valence-corrected chi connectivity index (χ4v) is 3.00. The molecule has 3 aromatic rings. The highest BCUT2D eigenvalue weighted by Gasteiger charge is 2.25. The molecule has 4 rings (SSSR count). The largest absolute Gasteiger partial charge is 0.453 e. The smallest absolute Gasteiger partial charge is 0.170 e. The minimum atomic E-state index is 0. The van der Waals surface area contributed by atoms with Crippen molar-refractivity contribution in [2.24, 2.45) is 11.7 Å². The van der Waals surface area contributed by atoms with Crippen molar-refractivity contribution in [1.82, 2.24) is 0 Å². The van der Waals surface area contributed by atoms with E-state index in [2.05, 4.69) is 0 Å². The Bertz CT molecular complexity index is 851. The van der Waals surface area contributed by atoms with E-state index in [0.717, 1.165) is 29.4 Å². The fourth-order valence-electron chi connectivity index (χ4n) is 3.00. The molecule has 3 aromatic carbocycles. The van der Waals surface area contributed by atoms with Crippen LogP contribution in [0, 0.1) is 5.92 Å². The summed E-state index contributed by atoms with van der Waals surface area (Å²) in [5.74, 6) is 3.70. The molecule has 0 spiro atoms. The van der Waals surface area contributed by atoms with Gasteiger partial charge in [0.2, 0.25) is 0 Å². The van der Waals surface area contributed by atoms with E-state index in [1.165, 1.54) is 12.8 Å². The Morgan fingerprint density at radius 2 is 1.33 bits per heavy atom. The summed E-state index contributed by atoms with van der Waals surface area (Å²) in [7, 11) is 0. The monoisotopic (exact) mass is 381 g/mol. The third-order valence-electron chi connectivity index (χ3n) is 4.62. The van der Waals surface area contributed by atoms with Crippen LogP contribution in [0.25, 0.3) is 0 Å². The van der Waals surface area contributed by atoms with Crippen molar-refractivity contribution in [3.8, 4) is 23.0 Å². The average Bonchev–Trinajstić information content (AvgIpc) is 3.49. The predicted molar refractivity (Wildman–Crippen MR) is 111 cm³/mol. The van der Waals surface area contributed by atoms with Crippen LogP contribution in [0.2, 0.25) is 0 Å². The lowest BCUT2D eigenvalue weighted by Gasteiger charge is -2.17. The Labute approximate surface area is 166 Å². The summed E-state index contributed by atoms with van der Waals surface area (Å²) >= 11 is 0. The van der Waals surface area contributed by atoms with Crippen LogP contribution >= 0.6 is 12.4 Å². The topological polar surface area (TPSA) is 44.5 Å². The number of rotatable bonds is 7. The molecule has 1 aliphatic carbocycles. The summed E-state index contributed by atoms with van der Waals surface area (Å²) in [5, 5.41) is 0. The van der Waals surface area contributed by atoms with Crippen LogP contribution in [-0.4, -0.2) is 0 Å². The first-order valence-electron chi connectivity index (χ1n) is 9.13. The Balaban J connectivity index is 0.00000210. The normalized spacial score (nSPS) is 14.1. The van der Waals surface area contributed by atoms with Gasteiger partial charge in [-0.05, 0) is 54.3 Å². The Hall–Kier alpha value is -2.49. The highest BCUT2D eigenvalue weighted by atomic mass is 35.5. The standard InChI is InChI=1S/C23H23NO2.ClH/c24-21(15-17-11-12-17)18-13-14-22(25-19-7-3-1-4-8-19)23(16-18)26-20-9-5-2-6-10-20;/h1-10,13-14,16-17,21H,11-12,15,24H2;1H/t21-;/m0./s1. The molecule has 0 heterocycles. The zero-order chi connectivity index (χ0) is 17.8. The summed E-state index contributed by atoms with van der Waals surface area (Å²) in [5.41, 5.74) is 7.49. The second-order valence-corrected chi connectivity index (χ2v) is 6.82. The molecular formula is C23H24ClNO2. The number of para-hydroxylation sites is 2. The molecule has 0 unspecified atom stereocenters. The van der Waals surface area contributed by atoms with Gasteiger partial charge in [-0.2, -0.15) is 0 Å². The zero-order valence-electron chi connectivity index (χ0n) is 15.1. The molecule has 0 amide bonds. The lowest BCUT2D eigenvalue weighted by atomic mass is 10.0. The molecule has 0 bridgehead atoms. The number of hydrogen-bond acceptors (Lipinski definition) is 3. The third kappa shape index (κ3) is 5.25. The molecule has 4 heteroatoms. The van der Waals surface area contributed by atoms with Crippen LogP contribution in [0.4, 0.5) is 0 Å². The summed E-state index contributed by atoms with van der Waals surface area (Å²) < 4.78 is 12.2. The van der Waals surface area contributed by atoms with Crippen LogP contribution in [0.15, 0.2) is 78.9 Å². The first kappa shape index (κ1) is 19.3. The van der Waals surface area contributed by atoms with Crippen molar-refractivity contribution >= 4 is 12.4 Å². The van der Waals surface area contributed by atoms with Gasteiger partial charge < -0.3 is 15.2 Å². The summed E-state index contributed by atoms with van der Waals surface area (Å²) in [6.45, 7) is 0. The Morgan fingerprint density at radius 3 is 1.89 bits per heavy atom. The van der Waals surface area contributed by atoms with Crippen molar-refractivity contribution in [2.75, 3.05) is 0 Å². The summed E-state index contributed by atoms with van der Waals surface area (Å²) in [4.78, 5) is 0. The molecule has 0 saturated heterocycles. The van der Waals surface area contributed by atoms with Gasteiger partial charge in [0, 0.05) is 6.04 Å². The number of benzene rings is 3. The molecule has 140 valence electrons. The van der Waals surface area contributed by atoms with Gasteiger partial charge in [-0.3, -0.25) is 0 Å². The van der Waals surface area contributed by atoms with Crippen LogP contribution in [0.5, 0.6) is 23.0 Å². The van der Waals surface area contributed by atoms with Gasteiger partial charge in [-0.15, -0.1) is 12.4 Å². The van der Waals surface area contributed by atoms with E-state index in [1.54, 1.807) is 0 Å². The highest BCUT2D eigenvalue weighted by Crippen LogP contribution is 2.40. The van der Waals surface area contributed by atoms with E-state index < -0.39 is 0 Å². The van der Waals surface area contributed by atoms with Gasteiger partial charge in [-0.25, -0.2) is 0 Å². The number of hydrogen-bond donors (Lipinski definition) is 1. The molecule has 1 saturated carbocycles. The lowest BCUT2D eigenvalue weighted by Crippen LogP contribution is -2.11. The molecule has 2 N–H and O–H groups in total. The van der Waals surface area contributed by atoms with Gasteiger partial charge in [0.15, 0.2) is 11.5 Å². The minimum absolute atomic E-state index is 0. The maximum atomic E-state index is 6.40. The maximum absolute atomic E-state index is 6.40. The van der Waals surface area contributed by atoms with Crippen LogP contribution in [0.3, 0.4) is 0 Å². The van der Waals surface area contributed by atoms with E-state index in [1.807, 2.05) is 78.9 Å². The van der Waals surface area contributed by atoms with Gasteiger partial charge >= 0.3 is 0 Å². The molecule has 1 atom stereocenters. The molecule has 3 nitrogen and oxygen atoms in total. The van der Waals surface area contributed by atoms with E-state index in [9.17, 15) is 0 Å². The summed E-state index contributed by atoms with van der Waals surface area (Å²) in [6.07, 6.45) is 3.64. The predicted octanol–water partition coefficient (Wildman–Crippen LogP) is 6.49. The average molecular weight is 382 g/mol. The Kier molecular flexibility index (Phi) is 6.38. The second-order valence-electron chi connectivity index (χ2n) is 6.82. The van der Waals surface area contributed by atoms with Crippen molar-refractivity contribution in [3.05, 3.63) is 84.4 Å². The first-order valence-corrected chi connectivity index (χ1v) is 9.13. The molecule has 0 radical (unpaired) electrons. The second kappa shape index (κ2) is 8.94. The van der Waals surface area contributed by atoms with Gasteiger partial charge in [0.1, 0.15) is 11.5 Å². The van der Waals surface area contributed by atoms with E-state index in [0.29, 0.717) is 11.5 Å². The van der Waals surface area contributed by atoms with E-state index >= 15 is 0 Å². The number of nitrogens with two attached hydrogens (primary N) is 1. The van der Waals surface area contributed by atoms with Gasteiger partial charge in [-0.1, -0.05) is 55.3 Å². The van der Waals surface area contributed by atoms with E-state index in [4.69, 9.17) is 15.2 Å². The molecule has 1 fully saturated rings. The molecule has 0 aliphatic heterocycles. The Morgan fingerprint density at radius 1 is 0.778 bits per heavy atom. The van der Waals surface area contributed by atoms with Gasteiger partial charge in [0.25, 0.3) is 0 Å². The molecule has 1 aliphatic rings. The fraction of sp³-hybridized carbons (Fsp3) is 0.217. The quantitative estimate of drug-likeness (QED) is 0.508. The number of halogens is 1. The third-order valence-corrected chi connectivity index (χ3v) is 4.62. The van der Waals surface area contributed by atoms with Gasteiger partial charge in [0.05, 0.1) is 0 Å². The maximum Gasteiger partial charge on any atom is 0.170 e. The lowest BCUT2D eigenvalue weighted by molar-refractivity contribution is 0.417. The van der Waals surface area contributed by atoms with Crippen molar-refractivity contribution in [3.63, 3.8) is 0 Å². The minimum Gasteiger partial charge on any atom is -0.453 e. The highest BCUT2D eigenvalue weighted by molar-refractivity contribution is 5.85. The number of ether oxygens (including phenoxy) is 2. The zero-order valence-corrected chi connectivity index (χ0v) is 15.9. The molecular weight excluding hydrogens is 358 g/mol. The van der Waals surface area contributed by atoms with Crippen molar-refractivity contribution in [1.29, 1.82) is 0 Å². The van der Waals surface area contributed by atoms with Crippen LogP contribution < -0.4 is 15.2 Å². The van der Waals surface area contributed by atoms with Crippen LogP contribution in [-0.2, 0) is 0 Å². The van der Waals surface area contributed by atoms with E-state index in [-0.39, 0.29) is 18.4 Å². The molecule has 27 heavy (non-hydrogen) atoms. The van der Waals surface area contributed by atoms with Crippen molar-refractivity contribution < 1.29 is 9.47 Å². The van der Waals surface area contributed by atoms with Crippen molar-refractivity contribution in [2.45, 2.75) is 25.3 Å². The molecule has 0 aromatic heterocycles. The van der Waals surface area contributed by atoms with Crippen LogP contribution in [0.1, 0.15) is 30.9 Å².